The van der Waals surface area contributed by atoms with Crippen molar-refractivity contribution in [2.75, 3.05) is 0 Å². The van der Waals surface area contributed by atoms with E-state index in [1.165, 1.54) is 27.8 Å². The van der Waals surface area contributed by atoms with Crippen molar-refractivity contribution in [1.29, 1.82) is 0 Å². The van der Waals surface area contributed by atoms with Crippen LogP contribution in [0.15, 0.2) is 47.6 Å². The SMILES string of the molecule is CC(=NNC(N)=S)c1cc2ccc1CCc1ccc(cc1)CC2. The zero-order valence-corrected chi connectivity index (χ0v) is 14.1. The predicted octanol–water partition coefficient (Wildman–Crippen LogP) is 3.13. The number of hydrazone groups is 1. The van der Waals surface area contributed by atoms with Crippen LogP contribution in [0.5, 0.6) is 0 Å². The first kappa shape index (κ1) is 15.7. The van der Waals surface area contributed by atoms with Crippen LogP contribution < -0.4 is 11.2 Å². The molecule has 0 amide bonds. The van der Waals surface area contributed by atoms with E-state index in [0.29, 0.717) is 0 Å². The molecule has 4 aliphatic carbocycles. The van der Waals surface area contributed by atoms with Crippen molar-refractivity contribution in [3.63, 3.8) is 0 Å². The molecule has 0 unspecified atom stereocenters. The first-order valence-corrected chi connectivity index (χ1v) is 8.32. The fraction of sp³-hybridized carbons (Fsp3) is 0.263. The molecule has 0 saturated heterocycles. The molecule has 23 heavy (non-hydrogen) atoms. The summed E-state index contributed by atoms with van der Waals surface area (Å²) in [7, 11) is 0. The van der Waals surface area contributed by atoms with Gasteiger partial charge in [-0.3, -0.25) is 5.43 Å². The second-order valence-electron chi connectivity index (χ2n) is 5.98. The van der Waals surface area contributed by atoms with Crippen LogP contribution in [0, 0.1) is 0 Å². The Balaban J connectivity index is 1.96. The van der Waals surface area contributed by atoms with Crippen molar-refractivity contribution in [3.8, 4) is 0 Å². The average molecular weight is 323 g/mol. The summed E-state index contributed by atoms with van der Waals surface area (Å²) in [6, 6.07) is 15.7. The van der Waals surface area contributed by atoms with Gasteiger partial charge in [0.15, 0.2) is 5.11 Å². The Morgan fingerprint density at radius 1 is 0.957 bits per heavy atom. The number of rotatable bonds is 2. The van der Waals surface area contributed by atoms with E-state index in [1.807, 2.05) is 6.92 Å². The summed E-state index contributed by atoms with van der Waals surface area (Å²) in [5.74, 6) is 0. The number of thiocarbonyl (C=S) groups is 1. The highest BCUT2D eigenvalue weighted by Crippen LogP contribution is 2.20. The molecule has 4 aliphatic rings. The molecule has 3 N–H and O–H groups in total. The molecule has 4 bridgehead atoms. The number of hydrogen-bond donors (Lipinski definition) is 2. The van der Waals surface area contributed by atoms with Crippen molar-refractivity contribution in [1.82, 2.24) is 5.43 Å². The van der Waals surface area contributed by atoms with Crippen LogP contribution in [-0.2, 0) is 25.7 Å². The Kier molecular flexibility index (Phi) is 4.72. The van der Waals surface area contributed by atoms with Crippen LogP contribution in [-0.4, -0.2) is 10.8 Å². The van der Waals surface area contributed by atoms with Crippen molar-refractivity contribution in [2.45, 2.75) is 32.6 Å². The minimum Gasteiger partial charge on any atom is -0.375 e. The Morgan fingerprint density at radius 3 is 2.17 bits per heavy atom. The number of benzene rings is 2. The molecule has 2 aromatic rings. The van der Waals surface area contributed by atoms with Gasteiger partial charge in [-0.1, -0.05) is 36.4 Å². The average Bonchev–Trinajstić information content (AvgIpc) is 2.55. The van der Waals surface area contributed by atoms with Crippen molar-refractivity contribution >= 4 is 23.0 Å². The van der Waals surface area contributed by atoms with Crippen molar-refractivity contribution in [2.24, 2.45) is 10.8 Å². The molecule has 0 radical (unpaired) electrons. The predicted molar refractivity (Wildman–Crippen MR) is 99.8 cm³/mol. The van der Waals surface area contributed by atoms with E-state index in [4.69, 9.17) is 18.0 Å². The molecule has 3 nitrogen and oxygen atoms in total. The van der Waals surface area contributed by atoms with E-state index < -0.39 is 0 Å². The summed E-state index contributed by atoms with van der Waals surface area (Å²) in [6.45, 7) is 1.99. The lowest BCUT2D eigenvalue weighted by molar-refractivity contribution is 0.917. The summed E-state index contributed by atoms with van der Waals surface area (Å²) in [6.07, 6.45) is 4.11. The highest BCUT2D eigenvalue weighted by molar-refractivity contribution is 7.80. The molecule has 4 heteroatoms. The van der Waals surface area contributed by atoms with Gasteiger partial charge in [0.25, 0.3) is 0 Å². The third kappa shape index (κ3) is 3.96. The van der Waals surface area contributed by atoms with Gasteiger partial charge >= 0.3 is 0 Å². The molecule has 118 valence electrons. The third-order valence-corrected chi connectivity index (χ3v) is 4.40. The minimum atomic E-state index is 0.191. The first-order valence-electron chi connectivity index (χ1n) is 7.91. The Bertz CT molecular complexity index is 748. The standard InChI is InChI=1S/C19H21N3S/c1-13(21-22-19(20)23)18-12-16-7-6-14-2-4-15(5-3-14)8-10-17(18)11-9-16/h2-5,9,11-12H,6-8,10H2,1H3,(H3,20,22,23). The maximum Gasteiger partial charge on any atom is 0.184 e. The molecule has 0 atom stereocenters. The van der Waals surface area contributed by atoms with Crippen LogP contribution in [0.25, 0.3) is 0 Å². The molecule has 0 aromatic heterocycles. The van der Waals surface area contributed by atoms with Gasteiger partial charge in [-0.25, -0.2) is 0 Å². The monoisotopic (exact) mass is 323 g/mol. The van der Waals surface area contributed by atoms with Gasteiger partial charge in [0.2, 0.25) is 0 Å². The smallest absolute Gasteiger partial charge is 0.184 e. The maximum atomic E-state index is 5.47. The Hall–Kier alpha value is -2.20. The highest BCUT2D eigenvalue weighted by Gasteiger charge is 2.10. The zero-order valence-electron chi connectivity index (χ0n) is 13.3. The van der Waals surface area contributed by atoms with Gasteiger partial charge in [-0.2, -0.15) is 5.10 Å². The van der Waals surface area contributed by atoms with E-state index in [0.717, 1.165) is 31.4 Å². The molecule has 0 aliphatic heterocycles. The molecule has 2 aromatic carbocycles. The molecule has 6 rings (SSSR count). The van der Waals surface area contributed by atoms with Crippen molar-refractivity contribution in [3.05, 3.63) is 70.3 Å². The second kappa shape index (κ2) is 6.92. The summed E-state index contributed by atoms with van der Waals surface area (Å²) in [5.41, 5.74) is 15.7. The highest BCUT2D eigenvalue weighted by atomic mass is 32.1. The topological polar surface area (TPSA) is 50.4 Å². The summed E-state index contributed by atoms with van der Waals surface area (Å²) >= 11 is 4.83. The van der Waals surface area contributed by atoms with Crippen LogP contribution in [0.2, 0.25) is 0 Å². The second-order valence-corrected chi connectivity index (χ2v) is 6.42. The van der Waals surface area contributed by atoms with E-state index in [2.05, 4.69) is 53.0 Å². The normalized spacial score (nSPS) is 14.2. The largest absolute Gasteiger partial charge is 0.375 e. The van der Waals surface area contributed by atoms with E-state index in [-0.39, 0.29) is 5.11 Å². The van der Waals surface area contributed by atoms with E-state index in [9.17, 15) is 0 Å². The maximum absolute atomic E-state index is 5.47. The van der Waals surface area contributed by atoms with Gasteiger partial charge in [-0.15, -0.1) is 0 Å². The van der Waals surface area contributed by atoms with E-state index in [1.54, 1.807) is 0 Å². The lowest BCUT2D eigenvalue weighted by Gasteiger charge is -2.14. The number of nitrogens with zero attached hydrogens (tertiary/aromatic N) is 1. The Morgan fingerprint density at radius 2 is 1.52 bits per heavy atom. The molecule has 0 spiro atoms. The minimum absolute atomic E-state index is 0.191. The Labute approximate surface area is 142 Å². The lowest BCUT2D eigenvalue weighted by Crippen LogP contribution is -2.25. The fourth-order valence-electron chi connectivity index (χ4n) is 2.97. The summed E-state index contributed by atoms with van der Waals surface area (Å²) in [5, 5.41) is 4.50. The molecule has 0 fully saturated rings. The fourth-order valence-corrected chi connectivity index (χ4v) is 3.02. The summed E-state index contributed by atoms with van der Waals surface area (Å²) in [4.78, 5) is 0. The van der Waals surface area contributed by atoms with Crippen LogP contribution >= 0.6 is 12.2 Å². The van der Waals surface area contributed by atoms with Gasteiger partial charge in [0.1, 0.15) is 0 Å². The van der Waals surface area contributed by atoms with E-state index >= 15 is 0 Å². The molecular formula is C19H21N3S. The molecule has 0 saturated carbocycles. The zero-order chi connectivity index (χ0) is 16.2. The van der Waals surface area contributed by atoms with Gasteiger partial charge in [-0.05, 0) is 73.1 Å². The van der Waals surface area contributed by atoms with Gasteiger partial charge in [0.05, 0.1) is 5.71 Å². The van der Waals surface area contributed by atoms with Gasteiger partial charge in [0, 0.05) is 5.56 Å². The quantitative estimate of drug-likeness (QED) is 0.507. The number of hydrogen-bond acceptors (Lipinski definition) is 2. The molecule has 0 heterocycles. The van der Waals surface area contributed by atoms with Crippen LogP contribution in [0.4, 0.5) is 0 Å². The third-order valence-electron chi connectivity index (χ3n) is 4.31. The number of nitrogens with one attached hydrogen (secondary N) is 1. The molecular weight excluding hydrogens is 302 g/mol. The lowest BCUT2D eigenvalue weighted by atomic mass is 9.92. The number of nitrogens with two attached hydrogens (primary N) is 1. The van der Waals surface area contributed by atoms with Crippen LogP contribution in [0.3, 0.4) is 0 Å². The summed E-state index contributed by atoms with van der Waals surface area (Å²) < 4.78 is 0. The van der Waals surface area contributed by atoms with Crippen LogP contribution in [0.1, 0.15) is 34.7 Å². The van der Waals surface area contributed by atoms with Crippen molar-refractivity contribution < 1.29 is 0 Å². The number of aryl methyl sites for hydroxylation is 4. The first-order chi connectivity index (χ1) is 11.1. The van der Waals surface area contributed by atoms with Gasteiger partial charge < -0.3 is 5.73 Å².